The zero-order valence-electron chi connectivity index (χ0n) is 8.98. The molecule has 1 aromatic heterocycles. The van der Waals surface area contributed by atoms with Crippen LogP contribution in [0.15, 0.2) is 12.4 Å². The minimum Gasteiger partial charge on any atom is -0.381 e. The molecule has 1 saturated heterocycles. The molecule has 1 aromatic rings. The van der Waals surface area contributed by atoms with Crippen molar-refractivity contribution in [1.82, 2.24) is 9.78 Å². The summed E-state index contributed by atoms with van der Waals surface area (Å²) in [5.41, 5.74) is 0.719. The number of rotatable bonds is 4. The van der Waals surface area contributed by atoms with E-state index in [4.69, 9.17) is 4.74 Å². The van der Waals surface area contributed by atoms with Crippen molar-refractivity contribution in [1.29, 1.82) is 0 Å². The lowest BCUT2D eigenvalue weighted by molar-refractivity contribution is 0.0988. The van der Waals surface area contributed by atoms with Crippen LogP contribution in [0.5, 0.6) is 0 Å². The van der Waals surface area contributed by atoms with Crippen LogP contribution in [0.1, 0.15) is 30.1 Å². The SMILES string of the molecule is CCC(=O)c1cnn(CC2CCOC2)c1. The molecule has 0 bridgehead atoms. The van der Waals surface area contributed by atoms with E-state index in [-0.39, 0.29) is 5.78 Å². The van der Waals surface area contributed by atoms with Crippen molar-refractivity contribution in [3.05, 3.63) is 18.0 Å². The van der Waals surface area contributed by atoms with E-state index in [1.54, 1.807) is 6.20 Å². The fraction of sp³-hybridized carbons (Fsp3) is 0.636. The Labute approximate surface area is 89.2 Å². The number of aromatic nitrogens is 2. The lowest BCUT2D eigenvalue weighted by Crippen LogP contribution is -2.10. The number of Topliss-reactive ketones (excluding diaryl/α,β-unsaturated/α-hetero) is 1. The molecule has 4 nitrogen and oxygen atoms in total. The van der Waals surface area contributed by atoms with Crippen LogP contribution in [-0.4, -0.2) is 28.8 Å². The standard InChI is InChI=1S/C11H16N2O2/c1-2-11(14)10-5-12-13(7-10)6-9-3-4-15-8-9/h5,7,9H,2-4,6,8H2,1H3. The Morgan fingerprint density at radius 2 is 2.60 bits per heavy atom. The van der Waals surface area contributed by atoms with Crippen LogP contribution < -0.4 is 0 Å². The summed E-state index contributed by atoms with van der Waals surface area (Å²) in [6.07, 6.45) is 5.13. The minimum absolute atomic E-state index is 0.156. The summed E-state index contributed by atoms with van der Waals surface area (Å²) in [4.78, 5) is 11.4. The Bertz CT molecular complexity index is 340. The third-order valence-corrected chi connectivity index (χ3v) is 2.75. The van der Waals surface area contributed by atoms with Crippen LogP contribution in [0.4, 0.5) is 0 Å². The second kappa shape index (κ2) is 4.57. The number of hydrogen-bond acceptors (Lipinski definition) is 3. The molecule has 0 saturated carbocycles. The first-order valence-electron chi connectivity index (χ1n) is 5.43. The third kappa shape index (κ3) is 2.45. The monoisotopic (exact) mass is 208 g/mol. The van der Waals surface area contributed by atoms with E-state index in [2.05, 4.69) is 5.10 Å². The third-order valence-electron chi connectivity index (χ3n) is 2.75. The molecule has 2 heterocycles. The Kier molecular flexibility index (Phi) is 3.16. The van der Waals surface area contributed by atoms with Crippen LogP contribution in [0.3, 0.4) is 0 Å². The zero-order valence-corrected chi connectivity index (χ0v) is 8.98. The van der Waals surface area contributed by atoms with Gasteiger partial charge in [0.1, 0.15) is 0 Å². The van der Waals surface area contributed by atoms with Gasteiger partial charge in [0.25, 0.3) is 0 Å². The van der Waals surface area contributed by atoms with Crippen molar-refractivity contribution in [2.24, 2.45) is 5.92 Å². The quantitative estimate of drug-likeness (QED) is 0.704. The Balaban J connectivity index is 1.97. The minimum atomic E-state index is 0.156. The molecule has 1 aliphatic rings. The van der Waals surface area contributed by atoms with Crippen molar-refractivity contribution in [2.45, 2.75) is 26.3 Å². The zero-order chi connectivity index (χ0) is 10.7. The summed E-state index contributed by atoms with van der Waals surface area (Å²) in [5.74, 6) is 0.707. The largest absolute Gasteiger partial charge is 0.381 e. The van der Waals surface area contributed by atoms with Gasteiger partial charge in [0.2, 0.25) is 0 Å². The summed E-state index contributed by atoms with van der Waals surface area (Å²) < 4.78 is 7.15. The first-order valence-corrected chi connectivity index (χ1v) is 5.43. The Morgan fingerprint density at radius 1 is 1.73 bits per heavy atom. The predicted molar refractivity (Wildman–Crippen MR) is 55.8 cm³/mol. The highest BCUT2D eigenvalue weighted by atomic mass is 16.5. The molecule has 1 aliphatic heterocycles. The predicted octanol–water partition coefficient (Wildman–Crippen LogP) is 1.51. The van der Waals surface area contributed by atoms with E-state index in [0.717, 1.165) is 31.7 Å². The molecule has 4 heteroatoms. The Hall–Kier alpha value is -1.16. The number of carbonyl (C=O) groups is 1. The van der Waals surface area contributed by atoms with Crippen molar-refractivity contribution in [3.8, 4) is 0 Å². The summed E-state index contributed by atoms with van der Waals surface area (Å²) in [6.45, 7) is 4.39. The number of ketones is 1. The van der Waals surface area contributed by atoms with E-state index in [9.17, 15) is 4.79 Å². The molecule has 0 radical (unpaired) electrons. The van der Waals surface area contributed by atoms with Crippen molar-refractivity contribution in [3.63, 3.8) is 0 Å². The highest BCUT2D eigenvalue weighted by Crippen LogP contribution is 2.14. The van der Waals surface area contributed by atoms with Gasteiger partial charge in [0.15, 0.2) is 5.78 Å². The average Bonchev–Trinajstić information content (AvgIpc) is 2.88. The number of ether oxygens (including phenoxy) is 1. The van der Waals surface area contributed by atoms with Crippen LogP contribution in [0.2, 0.25) is 0 Å². The molecule has 0 amide bonds. The van der Waals surface area contributed by atoms with Gasteiger partial charge in [-0.05, 0) is 6.42 Å². The second-order valence-electron chi connectivity index (χ2n) is 3.96. The van der Waals surface area contributed by atoms with Gasteiger partial charge in [-0.15, -0.1) is 0 Å². The van der Waals surface area contributed by atoms with E-state index >= 15 is 0 Å². The van der Waals surface area contributed by atoms with Gasteiger partial charge in [0, 0.05) is 31.7 Å². The van der Waals surface area contributed by atoms with E-state index in [1.807, 2.05) is 17.8 Å². The number of hydrogen-bond donors (Lipinski definition) is 0. The fourth-order valence-electron chi connectivity index (χ4n) is 1.80. The van der Waals surface area contributed by atoms with E-state index in [1.165, 1.54) is 0 Å². The smallest absolute Gasteiger partial charge is 0.165 e. The first-order chi connectivity index (χ1) is 7.29. The molecule has 0 N–H and O–H groups in total. The van der Waals surface area contributed by atoms with Gasteiger partial charge in [-0.3, -0.25) is 9.48 Å². The summed E-state index contributed by atoms with van der Waals surface area (Å²) in [5, 5.41) is 4.19. The highest BCUT2D eigenvalue weighted by Gasteiger charge is 2.17. The van der Waals surface area contributed by atoms with Gasteiger partial charge in [-0.2, -0.15) is 5.10 Å². The van der Waals surface area contributed by atoms with Crippen molar-refractivity contribution < 1.29 is 9.53 Å². The van der Waals surface area contributed by atoms with Crippen molar-refractivity contribution in [2.75, 3.05) is 13.2 Å². The first kappa shape index (κ1) is 10.4. The number of carbonyl (C=O) groups excluding carboxylic acids is 1. The lowest BCUT2D eigenvalue weighted by atomic mass is 10.1. The topological polar surface area (TPSA) is 44.1 Å². The van der Waals surface area contributed by atoms with Gasteiger partial charge in [-0.25, -0.2) is 0 Å². The molecular formula is C11H16N2O2. The number of nitrogens with zero attached hydrogens (tertiary/aromatic N) is 2. The summed E-state index contributed by atoms with van der Waals surface area (Å²) in [6, 6.07) is 0. The van der Waals surface area contributed by atoms with Gasteiger partial charge < -0.3 is 4.74 Å². The van der Waals surface area contributed by atoms with Gasteiger partial charge in [0.05, 0.1) is 18.4 Å². The fourth-order valence-corrected chi connectivity index (χ4v) is 1.80. The molecule has 15 heavy (non-hydrogen) atoms. The maximum Gasteiger partial charge on any atom is 0.165 e. The molecule has 0 aromatic carbocycles. The molecular weight excluding hydrogens is 192 g/mol. The van der Waals surface area contributed by atoms with Crippen LogP contribution >= 0.6 is 0 Å². The van der Waals surface area contributed by atoms with Gasteiger partial charge >= 0.3 is 0 Å². The van der Waals surface area contributed by atoms with Crippen molar-refractivity contribution >= 4 is 5.78 Å². The summed E-state index contributed by atoms with van der Waals surface area (Å²) >= 11 is 0. The maximum atomic E-state index is 11.4. The molecule has 1 atom stereocenters. The molecule has 0 spiro atoms. The normalized spacial score (nSPS) is 20.7. The molecule has 0 aliphatic carbocycles. The molecule has 2 rings (SSSR count). The highest BCUT2D eigenvalue weighted by molar-refractivity contribution is 5.95. The van der Waals surface area contributed by atoms with E-state index in [0.29, 0.717) is 12.3 Å². The van der Waals surface area contributed by atoms with E-state index < -0.39 is 0 Å². The Morgan fingerprint density at radius 3 is 3.27 bits per heavy atom. The summed E-state index contributed by atoms with van der Waals surface area (Å²) in [7, 11) is 0. The van der Waals surface area contributed by atoms with Gasteiger partial charge in [-0.1, -0.05) is 6.92 Å². The second-order valence-corrected chi connectivity index (χ2v) is 3.96. The van der Waals surface area contributed by atoms with Crippen LogP contribution in [0.25, 0.3) is 0 Å². The molecule has 1 fully saturated rings. The van der Waals surface area contributed by atoms with Crippen LogP contribution in [-0.2, 0) is 11.3 Å². The average molecular weight is 208 g/mol. The lowest BCUT2D eigenvalue weighted by Gasteiger charge is -2.06. The molecule has 1 unspecified atom stereocenters. The van der Waals surface area contributed by atoms with Crippen LogP contribution in [0, 0.1) is 5.92 Å². The molecule has 82 valence electrons. The maximum absolute atomic E-state index is 11.4.